The Morgan fingerprint density at radius 3 is 2.48 bits per heavy atom. The van der Waals surface area contributed by atoms with E-state index in [-0.39, 0.29) is 13.2 Å². The molecular weight excluding hydrogens is 278 g/mol. The number of benzene rings is 1. The van der Waals surface area contributed by atoms with Crippen LogP contribution in [0.15, 0.2) is 30.3 Å². The summed E-state index contributed by atoms with van der Waals surface area (Å²) in [6.07, 6.45) is -0.855. The van der Waals surface area contributed by atoms with Crippen molar-refractivity contribution in [2.24, 2.45) is 5.73 Å². The van der Waals surface area contributed by atoms with Crippen LogP contribution in [-0.2, 0) is 20.9 Å². The fourth-order valence-corrected chi connectivity index (χ4v) is 1.40. The van der Waals surface area contributed by atoms with Crippen molar-refractivity contribution >= 4 is 17.9 Å². The predicted molar refractivity (Wildman–Crippen MR) is 72.8 cm³/mol. The maximum atomic E-state index is 11.5. The number of hydrogen-bond acceptors (Lipinski definition) is 5. The molecule has 8 heteroatoms. The molecule has 0 spiro atoms. The van der Waals surface area contributed by atoms with Crippen molar-refractivity contribution in [1.82, 2.24) is 10.6 Å². The number of nitrogens with one attached hydrogen (secondary N) is 2. The van der Waals surface area contributed by atoms with Gasteiger partial charge < -0.3 is 26.2 Å². The quantitative estimate of drug-likeness (QED) is 0.506. The fraction of sp³-hybridized carbons (Fsp3) is 0.308. The molecule has 5 N–H and O–H groups in total. The monoisotopic (exact) mass is 295 g/mol. The second-order valence-corrected chi connectivity index (χ2v) is 4.13. The maximum absolute atomic E-state index is 11.5. The van der Waals surface area contributed by atoms with Gasteiger partial charge in [-0.2, -0.15) is 0 Å². The Kier molecular flexibility index (Phi) is 6.69. The van der Waals surface area contributed by atoms with Crippen molar-refractivity contribution < 1.29 is 24.2 Å². The summed E-state index contributed by atoms with van der Waals surface area (Å²) >= 11 is 0. The number of ether oxygens (including phenoxy) is 1. The number of nitrogens with two attached hydrogens (primary N) is 1. The van der Waals surface area contributed by atoms with Gasteiger partial charge in [0.25, 0.3) is 0 Å². The molecule has 8 nitrogen and oxygen atoms in total. The molecule has 0 aromatic heterocycles. The average molecular weight is 295 g/mol. The molecular formula is C13H17N3O5. The molecule has 3 amide bonds. The summed E-state index contributed by atoms with van der Waals surface area (Å²) in [5.41, 5.74) is 5.65. The van der Waals surface area contributed by atoms with E-state index in [0.29, 0.717) is 0 Å². The van der Waals surface area contributed by atoms with E-state index < -0.39 is 30.6 Å². The van der Waals surface area contributed by atoms with Crippen molar-refractivity contribution in [1.29, 1.82) is 0 Å². The molecule has 114 valence electrons. The van der Waals surface area contributed by atoms with Crippen molar-refractivity contribution in [2.75, 3.05) is 13.2 Å². The molecule has 1 aromatic rings. The van der Waals surface area contributed by atoms with E-state index in [2.05, 4.69) is 10.6 Å². The van der Waals surface area contributed by atoms with Crippen molar-refractivity contribution in [3.05, 3.63) is 35.9 Å². The van der Waals surface area contributed by atoms with Crippen LogP contribution < -0.4 is 16.4 Å². The Morgan fingerprint density at radius 2 is 1.90 bits per heavy atom. The third kappa shape index (κ3) is 6.39. The first-order valence-corrected chi connectivity index (χ1v) is 6.17. The Hall–Kier alpha value is -2.61. The third-order valence-corrected chi connectivity index (χ3v) is 2.44. The predicted octanol–water partition coefficient (Wildman–Crippen LogP) is -1.12. The van der Waals surface area contributed by atoms with Gasteiger partial charge in [0.05, 0.1) is 13.2 Å². The molecule has 1 atom stereocenters. The molecule has 0 bridgehead atoms. The van der Waals surface area contributed by atoms with Gasteiger partial charge in [0.15, 0.2) is 0 Å². The average Bonchev–Trinajstić information content (AvgIpc) is 2.49. The van der Waals surface area contributed by atoms with Crippen LogP contribution in [0.2, 0.25) is 0 Å². The first kappa shape index (κ1) is 16.4. The lowest BCUT2D eigenvalue weighted by molar-refractivity contribution is -0.126. The van der Waals surface area contributed by atoms with Crippen LogP contribution in [0.3, 0.4) is 0 Å². The topological polar surface area (TPSA) is 131 Å². The first-order valence-electron chi connectivity index (χ1n) is 6.17. The van der Waals surface area contributed by atoms with Crippen LogP contribution in [-0.4, -0.2) is 42.2 Å². The maximum Gasteiger partial charge on any atom is 0.408 e. The van der Waals surface area contributed by atoms with Gasteiger partial charge in [0.2, 0.25) is 11.8 Å². The van der Waals surface area contributed by atoms with Crippen LogP contribution in [0, 0.1) is 0 Å². The summed E-state index contributed by atoms with van der Waals surface area (Å²) in [7, 11) is 0. The van der Waals surface area contributed by atoms with E-state index in [1.807, 2.05) is 6.07 Å². The summed E-state index contributed by atoms with van der Waals surface area (Å²) < 4.78 is 4.90. The molecule has 0 fully saturated rings. The summed E-state index contributed by atoms with van der Waals surface area (Å²) in [4.78, 5) is 33.6. The summed E-state index contributed by atoms with van der Waals surface area (Å²) in [6, 6.07) is 7.75. The molecule has 0 saturated carbocycles. The smallest absolute Gasteiger partial charge is 0.408 e. The molecule has 0 saturated heterocycles. The Bertz CT molecular complexity index is 492. The summed E-state index contributed by atoms with van der Waals surface area (Å²) in [5, 5.41) is 13.4. The molecule has 0 unspecified atom stereocenters. The van der Waals surface area contributed by atoms with Crippen LogP contribution in [0.5, 0.6) is 0 Å². The lowest BCUT2D eigenvalue weighted by atomic mass is 10.2. The number of alkyl carbamates (subject to hydrolysis) is 1. The largest absolute Gasteiger partial charge is 0.445 e. The Balaban J connectivity index is 2.40. The molecule has 21 heavy (non-hydrogen) atoms. The van der Waals surface area contributed by atoms with Crippen molar-refractivity contribution in [2.45, 2.75) is 12.6 Å². The zero-order valence-electron chi connectivity index (χ0n) is 11.2. The molecule has 0 aliphatic rings. The molecule has 0 radical (unpaired) electrons. The number of carbonyl (C=O) groups excluding carboxylic acids is 3. The number of primary amides is 1. The molecule has 0 heterocycles. The SMILES string of the molecule is NC(=O)CNC(=O)[C@H](CO)NC(=O)OCc1ccccc1. The molecule has 1 aromatic carbocycles. The molecule has 1 rings (SSSR count). The highest BCUT2D eigenvalue weighted by Crippen LogP contribution is 2.00. The highest BCUT2D eigenvalue weighted by molar-refractivity contribution is 5.89. The van der Waals surface area contributed by atoms with E-state index in [0.717, 1.165) is 5.56 Å². The number of rotatable bonds is 7. The van der Waals surface area contributed by atoms with Crippen LogP contribution in [0.1, 0.15) is 5.56 Å². The molecule has 0 aliphatic heterocycles. The van der Waals surface area contributed by atoms with Gasteiger partial charge in [-0.05, 0) is 5.56 Å². The van der Waals surface area contributed by atoms with Crippen molar-refractivity contribution in [3.8, 4) is 0 Å². The zero-order valence-corrected chi connectivity index (χ0v) is 11.2. The second kappa shape index (κ2) is 8.54. The van der Waals surface area contributed by atoms with Gasteiger partial charge in [-0.25, -0.2) is 4.79 Å². The van der Waals surface area contributed by atoms with Gasteiger partial charge in [-0.15, -0.1) is 0 Å². The van der Waals surface area contributed by atoms with Gasteiger partial charge in [0.1, 0.15) is 12.6 Å². The van der Waals surface area contributed by atoms with E-state index in [9.17, 15) is 14.4 Å². The Morgan fingerprint density at radius 1 is 1.24 bits per heavy atom. The van der Waals surface area contributed by atoms with Crippen LogP contribution in [0.25, 0.3) is 0 Å². The number of aliphatic hydroxyl groups excluding tert-OH is 1. The number of aliphatic hydroxyl groups is 1. The van der Waals surface area contributed by atoms with Crippen molar-refractivity contribution in [3.63, 3.8) is 0 Å². The van der Waals surface area contributed by atoms with E-state index in [4.69, 9.17) is 15.6 Å². The summed E-state index contributed by atoms with van der Waals surface area (Å²) in [5.74, 6) is -1.46. The van der Waals surface area contributed by atoms with E-state index in [1.54, 1.807) is 24.3 Å². The van der Waals surface area contributed by atoms with Gasteiger partial charge in [-0.1, -0.05) is 30.3 Å². The highest BCUT2D eigenvalue weighted by Gasteiger charge is 2.20. The zero-order chi connectivity index (χ0) is 15.7. The fourth-order valence-electron chi connectivity index (χ4n) is 1.40. The lowest BCUT2D eigenvalue weighted by Crippen LogP contribution is -2.50. The minimum atomic E-state index is -1.22. The normalized spacial score (nSPS) is 11.3. The van der Waals surface area contributed by atoms with Gasteiger partial charge in [0, 0.05) is 0 Å². The lowest BCUT2D eigenvalue weighted by Gasteiger charge is -2.15. The second-order valence-electron chi connectivity index (χ2n) is 4.13. The third-order valence-electron chi connectivity index (χ3n) is 2.44. The standard InChI is InChI=1S/C13H17N3O5/c14-11(18)6-15-12(19)10(7-17)16-13(20)21-8-9-4-2-1-3-5-9/h1-5,10,17H,6-8H2,(H2,14,18)(H,15,19)(H,16,20)/t10-/m0/s1. The van der Waals surface area contributed by atoms with Gasteiger partial charge >= 0.3 is 6.09 Å². The van der Waals surface area contributed by atoms with Crippen LogP contribution >= 0.6 is 0 Å². The minimum Gasteiger partial charge on any atom is -0.445 e. The number of hydrogen-bond donors (Lipinski definition) is 4. The minimum absolute atomic E-state index is 0.0354. The Labute approximate surface area is 121 Å². The van der Waals surface area contributed by atoms with Gasteiger partial charge in [-0.3, -0.25) is 9.59 Å². The number of amides is 3. The van der Waals surface area contributed by atoms with Crippen LogP contribution in [0.4, 0.5) is 4.79 Å². The number of carbonyl (C=O) groups is 3. The summed E-state index contributed by atoms with van der Waals surface area (Å²) in [6.45, 7) is -0.977. The highest BCUT2D eigenvalue weighted by atomic mass is 16.5. The van der Waals surface area contributed by atoms with E-state index in [1.165, 1.54) is 0 Å². The molecule has 0 aliphatic carbocycles. The first-order chi connectivity index (χ1) is 10.0. The van der Waals surface area contributed by atoms with E-state index >= 15 is 0 Å².